The minimum absolute atomic E-state index is 0.101. The largest absolute Gasteiger partial charge is 0.497 e. The van der Waals surface area contributed by atoms with Gasteiger partial charge in [0.2, 0.25) is 0 Å². The zero-order valence-electron chi connectivity index (χ0n) is 15.0. The molecule has 0 amide bonds. The number of piperazine rings is 1. The number of rotatable bonds is 4. The Morgan fingerprint density at radius 3 is 2.84 bits per heavy atom. The number of allylic oxidation sites excluding steroid dienone is 1. The Hall–Kier alpha value is -2.72. The van der Waals surface area contributed by atoms with Crippen molar-refractivity contribution in [2.45, 2.75) is 12.8 Å². The maximum Gasteiger partial charge on any atom is 0.319 e. The monoisotopic (exact) mass is 341 g/mol. The smallest absolute Gasteiger partial charge is 0.319 e. The van der Waals surface area contributed by atoms with Crippen LogP contribution in [-0.4, -0.2) is 60.3 Å². The lowest BCUT2D eigenvalue weighted by molar-refractivity contribution is 0.189. The van der Waals surface area contributed by atoms with Gasteiger partial charge in [-0.3, -0.25) is 15.7 Å². The zero-order chi connectivity index (χ0) is 17.8. The van der Waals surface area contributed by atoms with Crippen LogP contribution < -0.4 is 10.5 Å². The lowest BCUT2D eigenvalue weighted by Crippen LogP contribution is -2.43. The predicted octanol–water partition coefficient (Wildman–Crippen LogP) is 2.01. The molecule has 132 valence electrons. The van der Waals surface area contributed by atoms with Crippen LogP contribution in [0.15, 0.2) is 30.1 Å². The van der Waals surface area contributed by atoms with E-state index < -0.39 is 0 Å². The first-order valence-electron chi connectivity index (χ1n) is 8.46. The topological polar surface area (TPSA) is 74.8 Å². The third kappa shape index (κ3) is 3.69. The Bertz CT molecular complexity index is 823. The van der Waals surface area contributed by atoms with Crippen molar-refractivity contribution in [3.63, 3.8) is 0 Å². The number of aromatic amines is 1. The second-order valence-corrected chi connectivity index (χ2v) is 6.37. The summed E-state index contributed by atoms with van der Waals surface area (Å²) in [4.78, 5) is 8.83. The minimum Gasteiger partial charge on any atom is -0.497 e. The third-order valence-electron chi connectivity index (χ3n) is 4.65. The van der Waals surface area contributed by atoms with Crippen molar-refractivity contribution in [2.24, 2.45) is 5.73 Å². The van der Waals surface area contributed by atoms with Gasteiger partial charge in [-0.25, -0.2) is 0 Å². The van der Waals surface area contributed by atoms with Gasteiger partial charge in [-0.1, -0.05) is 6.92 Å². The number of methoxy groups -OCH3 is 1. The highest BCUT2D eigenvalue weighted by Gasteiger charge is 2.23. The quantitative estimate of drug-likeness (QED) is 0.657. The van der Waals surface area contributed by atoms with Crippen LogP contribution in [0.5, 0.6) is 5.75 Å². The van der Waals surface area contributed by atoms with Crippen molar-refractivity contribution < 1.29 is 4.74 Å². The van der Waals surface area contributed by atoms with E-state index in [1.807, 2.05) is 18.2 Å². The second kappa shape index (κ2) is 7.45. The van der Waals surface area contributed by atoms with Crippen LogP contribution in [0.25, 0.3) is 15.7 Å². The van der Waals surface area contributed by atoms with E-state index in [0.29, 0.717) is 0 Å². The summed E-state index contributed by atoms with van der Waals surface area (Å²) in [6.07, 6.45) is 4.55. The first-order valence-corrected chi connectivity index (χ1v) is 8.46. The number of nitrogens with one attached hydrogen (secondary N) is 1. The number of H-pyrrole nitrogens is 1. The molecule has 25 heavy (non-hydrogen) atoms. The Morgan fingerprint density at radius 1 is 1.40 bits per heavy atom. The van der Waals surface area contributed by atoms with E-state index in [2.05, 4.69) is 51.1 Å². The normalized spacial score (nSPS) is 17.2. The second-order valence-electron chi connectivity index (χ2n) is 6.37. The molecule has 1 atom stereocenters. The number of ether oxygens (including phenoxy) is 1. The molecule has 7 heteroatoms. The van der Waals surface area contributed by atoms with Crippen LogP contribution in [0.2, 0.25) is 0 Å². The Labute approximate surface area is 147 Å². The van der Waals surface area contributed by atoms with E-state index in [4.69, 9.17) is 10.5 Å². The van der Waals surface area contributed by atoms with Crippen LogP contribution >= 0.6 is 0 Å². The lowest BCUT2D eigenvalue weighted by atomic mass is 10.0. The first-order chi connectivity index (χ1) is 12.1. The molecule has 1 aromatic heterocycles. The molecule has 0 radical (unpaired) electrons. The van der Waals surface area contributed by atoms with Crippen LogP contribution in [0.4, 0.5) is 0 Å². The van der Waals surface area contributed by atoms with E-state index >= 15 is 0 Å². The van der Waals surface area contributed by atoms with Gasteiger partial charge in [-0.05, 0) is 25.2 Å². The predicted molar refractivity (Wildman–Crippen MR) is 99.6 cm³/mol. The average molecular weight is 341 g/mol. The summed E-state index contributed by atoms with van der Waals surface area (Å²) < 4.78 is 5.34. The van der Waals surface area contributed by atoms with Gasteiger partial charge in [0.15, 0.2) is 0 Å². The summed E-state index contributed by atoms with van der Waals surface area (Å²) in [5.74, 6) is 1.77. The molecule has 7 nitrogen and oxygen atoms in total. The van der Waals surface area contributed by atoms with E-state index in [0.717, 1.165) is 54.3 Å². The molecule has 0 bridgehead atoms. The summed E-state index contributed by atoms with van der Waals surface area (Å²) in [6, 6.07) is 5.88. The van der Waals surface area contributed by atoms with Gasteiger partial charge in [0.25, 0.3) is 6.19 Å². The first kappa shape index (κ1) is 17.1. The molecule has 1 aliphatic heterocycles. The van der Waals surface area contributed by atoms with Crippen LogP contribution in [0.1, 0.15) is 18.5 Å². The summed E-state index contributed by atoms with van der Waals surface area (Å²) >= 11 is 0. The summed E-state index contributed by atoms with van der Waals surface area (Å²) in [6.45, 7) is 6.00. The number of hydrogen-bond donors (Lipinski definition) is 2. The van der Waals surface area contributed by atoms with Gasteiger partial charge in [-0.15, -0.1) is 0 Å². The molecule has 1 aliphatic rings. The highest BCUT2D eigenvalue weighted by atomic mass is 16.5. The Kier molecular flexibility index (Phi) is 5.10. The third-order valence-corrected chi connectivity index (χ3v) is 4.65. The zero-order valence-corrected chi connectivity index (χ0v) is 15.0. The molecule has 1 aromatic carbocycles. The molecule has 1 saturated heterocycles. The number of fused-ring (bicyclic) bond motifs is 1. The van der Waals surface area contributed by atoms with Gasteiger partial charge in [0.1, 0.15) is 5.75 Å². The molecule has 0 spiro atoms. The molecule has 3 N–H and O–H groups in total. The van der Waals surface area contributed by atoms with Crippen molar-refractivity contribution in [3.05, 3.63) is 40.6 Å². The van der Waals surface area contributed by atoms with Gasteiger partial charge in [0.05, 0.1) is 31.4 Å². The van der Waals surface area contributed by atoms with Crippen molar-refractivity contribution in [1.29, 1.82) is 0 Å². The fourth-order valence-electron chi connectivity index (χ4n) is 3.11. The van der Waals surface area contributed by atoms with Gasteiger partial charge < -0.3 is 9.64 Å². The summed E-state index contributed by atoms with van der Waals surface area (Å²) in [5, 5.41) is 8.60. The lowest BCUT2D eigenvalue weighted by Gasteiger charge is -2.29. The van der Waals surface area contributed by atoms with Crippen molar-refractivity contribution in [3.8, 4) is 11.9 Å². The minimum atomic E-state index is 0.101. The molecular weight excluding hydrogens is 316 g/mol. The molecule has 2 heterocycles. The average Bonchev–Trinajstić information content (AvgIpc) is 3.05. The van der Waals surface area contributed by atoms with Gasteiger partial charge in [0, 0.05) is 30.5 Å². The maximum atomic E-state index is 5.45. The highest BCUT2D eigenvalue weighted by molar-refractivity contribution is 5.83. The number of nitrogens with two attached hydrogens (primary N) is 1. The van der Waals surface area contributed by atoms with E-state index in [1.54, 1.807) is 7.11 Å². The van der Waals surface area contributed by atoms with E-state index in [1.165, 1.54) is 0 Å². The van der Waals surface area contributed by atoms with Crippen molar-refractivity contribution in [2.75, 3.05) is 40.3 Å². The molecule has 0 aliphatic carbocycles. The number of hydrogen-bond acceptors (Lipinski definition) is 5. The summed E-state index contributed by atoms with van der Waals surface area (Å²) in [5.41, 5.74) is 7.41. The standard InChI is InChI=1S/C18H24N6O/c1-13(10-17(20-12-19)24-8-6-23(2)7-9-24)18-15-11-14(25-3)4-5-16(15)21-22-18/h4-5,10-11,13,19H,6-9H2,1-3H3,(H,21,22)/p+1. The number of nitrogens with zero attached hydrogens (tertiary/aromatic N) is 4. The van der Waals surface area contributed by atoms with E-state index in [-0.39, 0.29) is 5.92 Å². The molecule has 3 rings (SSSR count). The summed E-state index contributed by atoms with van der Waals surface area (Å²) in [7, 11) is 3.80. The molecule has 2 aromatic rings. The molecular formula is C18H25N6O+. The van der Waals surface area contributed by atoms with Gasteiger partial charge in [-0.2, -0.15) is 9.94 Å². The van der Waals surface area contributed by atoms with Crippen LogP contribution in [-0.2, 0) is 0 Å². The van der Waals surface area contributed by atoms with Gasteiger partial charge >= 0.3 is 5.82 Å². The number of benzene rings is 1. The molecule has 1 unspecified atom stereocenters. The highest BCUT2D eigenvalue weighted by Crippen LogP contribution is 2.28. The van der Waals surface area contributed by atoms with Crippen LogP contribution in [0, 0.1) is 6.19 Å². The van der Waals surface area contributed by atoms with E-state index in [9.17, 15) is 0 Å². The maximum absolute atomic E-state index is 5.45. The Morgan fingerprint density at radius 2 is 2.16 bits per heavy atom. The van der Waals surface area contributed by atoms with Crippen molar-refractivity contribution in [1.82, 2.24) is 20.0 Å². The Balaban J connectivity index is 1.90. The number of aromatic nitrogens is 2. The molecule has 0 saturated carbocycles. The fraction of sp³-hybridized carbons (Fsp3) is 0.444. The van der Waals surface area contributed by atoms with Crippen LogP contribution in [0.3, 0.4) is 0 Å². The fourth-order valence-corrected chi connectivity index (χ4v) is 3.11. The molecule has 1 fully saturated rings. The number of likely N-dealkylation sites (N-methyl/N-ethyl adjacent to an activating group) is 1. The SMILES string of the molecule is COc1ccc2n[nH]c(C(C)C=C([N+]#CN)N3CCN(C)CC3)c2c1. The van der Waals surface area contributed by atoms with Crippen molar-refractivity contribution >= 4 is 10.9 Å².